The van der Waals surface area contributed by atoms with E-state index in [4.69, 9.17) is 5.73 Å². The molecule has 1 aromatic rings. The Morgan fingerprint density at radius 3 is 2.83 bits per heavy atom. The Hall–Kier alpha value is -0.910. The first-order chi connectivity index (χ1) is 8.60. The van der Waals surface area contributed by atoms with Crippen LogP contribution in [0.3, 0.4) is 0 Å². The van der Waals surface area contributed by atoms with E-state index in [0.29, 0.717) is 12.1 Å². The van der Waals surface area contributed by atoms with Gasteiger partial charge in [-0.05, 0) is 27.0 Å². The standard InChI is InChI=1S/C13H25N5/c1-11(2)18-5-4-12(15-18)9-17-7-6-16(3)10-13(17)8-14/h4-5,11,13H,6-10,14H2,1-3H3. The van der Waals surface area contributed by atoms with E-state index in [1.165, 1.54) is 0 Å². The van der Waals surface area contributed by atoms with Crippen molar-refractivity contribution in [1.29, 1.82) is 0 Å². The first-order valence-corrected chi connectivity index (χ1v) is 6.77. The van der Waals surface area contributed by atoms with E-state index in [0.717, 1.165) is 38.4 Å². The maximum atomic E-state index is 5.87. The highest BCUT2D eigenvalue weighted by Gasteiger charge is 2.24. The zero-order valence-electron chi connectivity index (χ0n) is 11.7. The molecule has 18 heavy (non-hydrogen) atoms. The van der Waals surface area contributed by atoms with E-state index in [9.17, 15) is 0 Å². The molecular weight excluding hydrogens is 226 g/mol. The Labute approximate surface area is 110 Å². The van der Waals surface area contributed by atoms with Gasteiger partial charge in [0.05, 0.1) is 5.69 Å². The Kier molecular flexibility index (Phi) is 4.37. The second-order valence-corrected chi connectivity index (χ2v) is 5.50. The topological polar surface area (TPSA) is 50.3 Å². The molecule has 1 aliphatic heterocycles. The molecule has 0 saturated carbocycles. The molecule has 1 fully saturated rings. The molecule has 5 nitrogen and oxygen atoms in total. The van der Waals surface area contributed by atoms with Crippen LogP contribution in [0.15, 0.2) is 12.3 Å². The molecule has 1 saturated heterocycles. The number of likely N-dealkylation sites (N-methyl/N-ethyl adjacent to an activating group) is 1. The summed E-state index contributed by atoms with van der Waals surface area (Å²) in [6, 6.07) is 3.00. The Bertz CT molecular complexity index is 373. The summed E-state index contributed by atoms with van der Waals surface area (Å²) in [5.74, 6) is 0. The molecule has 0 aromatic carbocycles. The minimum atomic E-state index is 0.427. The molecule has 0 bridgehead atoms. The van der Waals surface area contributed by atoms with Gasteiger partial charge in [-0.1, -0.05) is 0 Å². The van der Waals surface area contributed by atoms with E-state index in [1.807, 2.05) is 4.68 Å². The Morgan fingerprint density at radius 2 is 2.22 bits per heavy atom. The van der Waals surface area contributed by atoms with Crippen molar-refractivity contribution in [3.63, 3.8) is 0 Å². The molecule has 2 rings (SSSR count). The van der Waals surface area contributed by atoms with Gasteiger partial charge < -0.3 is 10.6 Å². The van der Waals surface area contributed by atoms with Gasteiger partial charge in [-0.15, -0.1) is 0 Å². The maximum Gasteiger partial charge on any atom is 0.0765 e. The van der Waals surface area contributed by atoms with E-state index >= 15 is 0 Å². The number of piperazine rings is 1. The molecule has 102 valence electrons. The molecule has 0 spiro atoms. The fourth-order valence-corrected chi connectivity index (χ4v) is 2.44. The lowest BCUT2D eigenvalue weighted by Crippen LogP contribution is -2.54. The van der Waals surface area contributed by atoms with Crippen LogP contribution < -0.4 is 5.73 Å². The minimum Gasteiger partial charge on any atom is -0.329 e. The fraction of sp³-hybridized carbons (Fsp3) is 0.769. The van der Waals surface area contributed by atoms with Crippen molar-refractivity contribution in [2.45, 2.75) is 32.5 Å². The normalized spacial score (nSPS) is 22.8. The molecule has 5 heteroatoms. The molecule has 1 aliphatic rings. The predicted molar refractivity (Wildman–Crippen MR) is 73.4 cm³/mol. The summed E-state index contributed by atoms with van der Waals surface area (Å²) in [7, 11) is 2.16. The molecule has 0 aliphatic carbocycles. The quantitative estimate of drug-likeness (QED) is 0.848. The monoisotopic (exact) mass is 251 g/mol. The molecule has 0 amide bonds. The second-order valence-electron chi connectivity index (χ2n) is 5.50. The molecule has 1 unspecified atom stereocenters. The van der Waals surface area contributed by atoms with Crippen LogP contribution in [0.4, 0.5) is 0 Å². The van der Waals surface area contributed by atoms with E-state index < -0.39 is 0 Å². The van der Waals surface area contributed by atoms with Gasteiger partial charge in [-0.2, -0.15) is 5.10 Å². The molecule has 0 radical (unpaired) electrons. The zero-order chi connectivity index (χ0) is 13.1. The molecule has 2 N–H and O–H groups in total. The highest BCUT2D eigenvalue weighted by atomic mass is 15.3. The predicted octanol–water partition coefficient (Wildman–Crippen LogP) is 0.539. The summed E-state index contributed by atoms with van der Waals surface area (Å²) < 4.78 is 2.02. The van der Waals surface area contributed by atoms with Crippen molar-refractivity contribution in [2.75, 3.05) is 33.2 Å². The highest BCUT2D eigenvalue weighted by molar-refractivity contribution is 5.00. The largest absolute Gasteiger partial charge is 0.329 e. The lowest BCUT2D eigenvalue weighted by Gasteiger charge is -2.39. The molecule has 1 aromatic heterocycles. The van der Waals surface area contributed by atoms with Crippen molar-refractivity contribution >= 4 is 0 Å². The van der Waals surface area contributed by atoms with Crippen molar-refractivity contribution < 1.29 is 0 Å². The molecular formula is C13H25N5. The Morgan fingerprint density at radius 1 is 1.44 bits per heavy atom. The number of aromatic nitrogens is 2. The summed E-state index contributed by atoms with van der Waals surface area (Å²) in [4.78, 5) is 4.80. The van der Waals surface area contributed by atoms with Gasteiger partial charge in [0.1, 0.15) is 0 Å². The first kappa shape index (κ1) is 13.5. The van der Waals surface area contributed by atoms with E-state index in [-0.39, 0.29) is 0 Å². The lowest BCUT2D eigenvalue weighted by atomic mass is 10.1. The fourth-order valence-electron chi connectivity index (χ4n) is 2.44. The van der Waals surface area contributed by atoms with Crippen LogP contribution in [0, 0.1) is 0 Å². The second kappa shape index (κ2) is 5.82. The number of nitrogens with zero attached hydrogens (tertiary/aromatic N) is 4. The number of hydrogen-bond acceptors (Lipinski definition) is 4. The third-order valence-electron chi connectivity index (χ3n) is 3.64. The summed E-state index contributed by atoms with van der Waals surface area (Å²) in [6.45, 7) is 9.17. The van der Waals surface area contributed by atoms with Crippen LogP contribution in [-0.2, 0) is 6.54 Å². The van der Waals surface area contributed by atoms with Crippen LogP contribution >= 0.6 is 0 Å². The lowest BCUT2D eigenvalue weighted by molar-refractivity contribution is 0.0867. The van der Waals surface area contributed by atoms with Crippen LogP contribution in [0.5, 0.6) is 0 Å². The van der Waals surface area contributed by atoms with Crippen LogP contribution in [-0.4, -0.2) is 58.8 Å². The van der Waals surface area contributed by atoms with E-state index in [1.54, 1.807) is 0 Å². The minimum absolute atomic E-state index is 0.427. The molecule has 1 atom stereocenters. The van der Waals surface area contributed by atoms with Crippen molar-refractivity contribution in [3.8, 4) is 0 Å². The SMILES string of the molecule is CC(C)n1ccc(CN2CCN(C)CC2CN)n1. The van der Waals surface area contributed by atoms with E-state index in [2.05, 4.69) is 48.1 Å². The van der Waals surface area contributed by atoms with Gasteiger partial charge in [0.25, 0.3) is 0 Å². The summed E-state index contributed by atoms with van der Waals surface area (Å²) in [5.41, 5.74) is 7.01. The first-order valence-electron chi connectivity index (χ1n) is 6.77. The Balaban J connectivity index is 1.98. The van der Waals surface area contributed by atoms with Gasteiger partial charge in [-0.3, -0.25) is 9.58 Å². The summed E-state index contributed by atoms with van der Waals surface area (Å²) >= 11 is 0. The van der Waals surface area contributed by atoms with Crippen molar-refractivity contribution in [2.24, 2.45) is 5.73 Å². The van der Waals surface area contributed by atoms with Crippen molar-refractivity contribution in [1.82, 2.24) is 19.6 Å². The van der Waals surface area contributed by atoms with Gasteiger partial charge in [0, 0.05) is 51.0 Å². The maximum absolute atomic E-state index is 5.87. The average molecular weight is 251 g/mol. The van der Waals surface area contributed by atoms with Gasteiger partial charge in [-0.25, -0.2) is 0 Å². The number of hydrogen-bond donors (Lipinski definition) is 1. The van der Waals surface area contributed by atoms with Crippen LogP contribution in [0.2, 0.25) is 0 Å². The molecule has 2 heterocycles. The summed E-state index contributed by atoms with van der Waals surface area (Å²) in [6.07, 6.45) is 2.06. The van der Waals surface area contributed by atoms with Gasteiger partial charge in [0.2, 0.25) is 0 Å². The third-order valence-corrected chi connectivity index (χ3v) is 3.64. The van der Waals surface area contributed by atoms with Crippen LogP contribution in [0.1, 0.15) is 25.6 Å². The number of rotatable bonds is 4. The average Bonchev–Trinajstić information content (AvgIpc) is 2.80. The zero-order valence-corrected chi connectivity index (χ0v) is 11.7. The summed E-state index contributed by atoms with van der Waals surface area (Å²) in [5, 5.41) is 4.61. The van der Waals surface area contributed by atoms with Gasteiger partial charge in [0.15, 0.2) is 0 Å². The smallest absolute Gasteiger partial charge is 0.0765 e. The van der Waals surface area contributed by atoms with Crippen LogP contribution in [0.25, 0.3) is 0 Å². The third kappa shape index (κ3) is 3.10. The highest BCUT2D eigenvalue weighted by Crippen LogP contribution is 2.12. The number of nitrogens with two attached hydrogens (primary N) is 1. The van der Waals surface area contributed by atoms with Crippen molar-refractivity contribution in [3.05, 3.63) is 18.0 Å². The van der Waals surface area contributed by atoms with Gasteiger partial charge >= 0.3 is 0 Å².